The summed E-state index contributed by atoms with van der Waals surface area (Å²) in [6.07, 6.45) is 0.682. The van der Waals surface area contributed by atoms with E-state index in [4.69, 9.17) is 5.73 Å². The Balaban J connectivity index is 2.94. The van der Waals surface area contributed by atoms with Crippen LogP contribution in [0, 0.1) is 6.92 Å². The second-order valence-electron chi connectivity index (χ2n) is 3.48. The third-order valence-electron chi connectivity index (χ3n) is 2.20. The minimum absolute atomic E-state index is 0.203. The summed E-state index contributed by atoms with van der Waals surface area (Å²) in [5, 5.41) is 0. The maximum Gasteiger partial charge on any atom is 0.250 e. The van der Waals surface area contributed by atoms with Crippen LogP contribution in [0.4, 0.5) is 0 Å². The van der Waals surface area contributed by atoms with E-state index in [1.54, 1.807) is 6.07 Å². The highest BCUT2D eigenvalue weighted by atomic mass is 79.9. The van der Waals surface area contributed by atoms with Gasteiger partial charge in [0.15, 0.2) is 0 Å². The van der Waals surface area contributed by atoms with Crippen molar-refractivity contribution in [3.8, 4) is 0 Å². The minimum atomic E-state index is -3.43. The molecule has 16 heavy (non-hydrogen) atoms. The average molecular weight is 327 g/mol. The molecular formula is C9H15BrN2O2S2. The second kappa shape index (κ2) is 5.59. The molecule has 1 aromatic rings. The summed E-state index contributed by atoms with van der Waals surface area (Å²) in [7, 11) is -3.43. The predicted octanol–water partition coefficient (Wildman–Crippen LogP) is 1.83. The molecule has 4 nitrogen and oxygen atoms in total. The molecule has 0 saturated carbocycles. The van der Waals surface area contributed by atoms with Gasteiger partial charge in [0.2, 0.25) is 10.0 Å². The van der Waals surface area contributed by atoms with Crippen molar-refractivity contribution < 1.29 is 8.42 Å². The molecule has 1 heterocycles. The average Bonchev–Trinajstić information content (AvgIpc) is 2.56. The molecule has 7 heteroatoms. The third-order valence-corrected chi connectivity index (χ3v) is 6.33. The van der Waals surface area contributed by atoms with Crippen LogP contribution in [-0.4, -0.2) is 21.0 Å². The first-order valence-electron chi connectivity index (χ1n) is 4.89. The van der Waals surface area contributed by atoms with Gasteiger partial charge in [0, 0.05) is 12.6 Å². The fraction of sp³-hybridized carbons (Fsp3) is 0.556. The molecule has 0 aliphatic heterocycles. The Morgan fingerprint density at radius 1 is 1.62 bits per heavy atom. The van der Waals surface area contributed by atoms with Crippen molar-refractivity contribution in [1.29, 1.82) is 0 Å². The van der Waals surface area contributed by atoms with Crippen LogP contribution in [0.5, 0.6) is 0 Å². The van der Waals surface area contributed by atoms with Gasteiger partial charge >= 0.3 is 0 Å². The zero-order chi connectivity index (χ0) is 12.3. The summed E-state index contributed by atoms with van der Waals surface area (Å²) in [5.74, 6) is 0. The SMILES string of the molecule is CCC(CN)NS(=O)(=O)c1cc(C)c(Br)s1. The summed E-state index contributed by atoms with van der Waals surface area (Å²) in [4.78, 5) is 0. The number of thiophene rings is 1. The molecule has 0 spiro atoms. The summed E-state index contributed by atoms with van der Waals surface area (Å²) in [6, 6.07) is 1.45. The van der Waals surface area contributed by atoms with Gasteiger partial charge in [-0.05, 0) is 40.9 Å². The Labute approximate surface area is 108 Å². The van der Waals surface area contributed by atoms with Crippen LogP contribution in [0.2, 0.25) is 0 Å². The molecule has 1 rings (SSSR count). The second-order valence-corrected chi connectivity index (χ2v) is 7.80. The monoisotopic (exact) mass is 326 g/mol. The van der Waals surface area contributed by atoms with E-state index in [0.717, 1.165) is 9.35 Å². The number of sulfonamides is 1. The van der Waals surface area contributed by atoms with Gasteiger partial charge in [0.1, 0.15) is 4.21 Å². The van der Waals surface area contributed by atoms with Gasteiger partial charge < -0.3 is 5.73 Å². The lowest BCUT2D eigenvalue weighted by atomic mass is 10.2. The number of nitrogens with two attached hydrogens (primary N) is 1. The van der Waals surface area contributed by atoms with Crippen LogP contribution in [0.3, 0.4) is 0 Å². The molecule has 0 aliphatic rings. The Kier molecular flexibility index (Phi) is 4.93. The Bertz CT molecular complexity index is 433. The molecule has 1 atom stereocenters. The fourth-order valence-electron chi connectivity index (χ4n) is 1.14. The molecule has 0 aromatic carbocycles. The van der Waals surface area contributed by atoms with Crippen molar-refractivity contribution in [3.63, 3.8) is 0 Å². The molecular weight excluding hydrogens is 312 g/mol. The van der Waals surface area contributed by atoms with Crippen LogP contribution in [0.15, 0.2) is 14.1 Å². The smallest absolute Gasteiger partial charge is 0.250 e. The number of hydrogen-bond acceptors (Lipinski definition) is 4. The minimum Gasteiger partial charge on any atom is -0.329 e. The van der Waals surface area contributed by atoms with Crippen LogP contribution in [0.25, 0.3) is 0 Å². The van der Waals surface area contributed by atoms with Crippen LogP contribution in [0.1, 0.15) is 18.9 Å². The zero-order valence-corrected chi connectivity index (χ0v) is 12.4. The van der Waals surface area contributed by atoms with Gasteiger partial charge in [-0.1, -0.05) is 6.92 Å². The van der Waals surface area contributed by atoms with E-state index in [1.165, 1.54) is 11.3 Å². The lowest BCUT2D eigenvalue weighted by molar-refractivity contribution is 0.544. The van der Waals surface area contributed by atoms with Gasteiger partial charge in [0.25, 0.3) is 0 Å². The van der Waals surface area contributed by atoms with Crippen LogP contribution in [-0.2, 0) is 10.0 Å². The van der Waals surface area contributed by atoms with Crippen molar-refractivity contribution >= 4 is 37.3 Å². The molecule has 0 radical (unpaired) electrons. The van der Waals surface area contributed by atoms with Gasteiger partial charge in [-0.3, -0.25) is 0 Å². The van der Waals surface area contributed by atoms with Crippen molar-refractivity contribution in [3.05, 3.63) is 15.4 Å². The third kappa shape index (κ3) is 3.27. The largest absolute Gasteiger partial charge is 0.329 e. The molecule has 0 saturated heterocycles. The van der Waals surface area contributed by atoms with E-state index in [9.17, 15) is 8.42 Å². The van der Waals surface area contributed by atoms with E-state index in [0.29, 0.717) is 17.2 Å². The van der Waals surface area contributed by atoms with E-state index in [2.05, 4.69) is 20.7 Å². The molecule has 1 aromatic heterocycles. The Morgan fingerprint density at radius 3 is 2.62 bits per heavy atom. The first kappa shape index (κ1) is 14.1. The number of rotatable bonds is 5. The van der Waals surface area contributed by atoms with Gasteiger partial charge in [0.05, 0.1) is 3.79 Å². The number of hydrogen-bond donors (Lipinski definition) is 2. The molecule has 1 unspecified atom stereocenters. The highest BCUT2D eigenvalue weighted by Crippen LogP contribution is 2.30. The van der Waals surface area contributed by atoms with Crippen LogP contribution < -0.4 is 10.5 Å². The van der Waals surface area contributed by atoms with Crippen molar-refractivity contribution in [2.75, 3.05) is 6.54 Å². The number of halogens is 1. The van der Waals surface area contributed by atoms with Crippen molar-refractivity contribution in [1.82, 2.24) is 4.72 Å². The lowest BCUT2D eigenvalue weighted by Gasteiger charge is -2.13. The number of aryl methyl sites for hydroxylation is 1. The Hall–Kier alpha value is 0.0500. The maximum atomic E-state index is 11.9. The quantitative estimate of drug-likeness (QED) is 0.867. The van der Waals surface area contributed by atoms with Gasteiger partial charge in [-0.2, -0.15) is 0 Å². The lowest BCUT2D eigenvalue weighted by Crippen LogP contribution is -2.39. The highest BCUT2D eigenvalue weighted by molar-refractivity contribution is 9.11. The van der Waals surface area contributed by atoms with E-state index in [1.807, 2.05) is 13.8 Å². The summed E-state index contributed by atoms with van der Waals surface area (Å²) < 4.78 is 27.6. The summed E-state index contributed by atoms with van der Waals surface area (Å²) in [6.45, 7) is 4.07. The van der Waals surface area contributed by atoms with Crippen molar-refractivity contribution in [2.45, 2.75) is 30.5 Å². The van der Waals surface area contributed by atoms with Crippen molar-refractivity contribution in [2.24, 2.45) is 5.73 Å². The normalized spacial score (nSPS) is 14.0. The predicted molar refractivity (Wildman–Crippen MR) is 70.2 cm³/mol. The molecule has 3 N–H and O–H groups in total. The fourth-order valence-corrected chi connectivity index (χ4v) is 4.71. The molecule has 0 amide bonds. The standard InChI is InChI=1S/C9H15BrN2O2S2/c1-3-7(5-11)12-16(13,14)8-4-6(2)9(10)15-8/h4,7,12H,3,5,11H2,1-2H3. The van der Waals surface area contributed by atoms with E-state index >= 15 is 0 Å². The topological polar surface area (TPSA) is 72.2 Å². The Morgan fingerprint density at radius 2 is 2.25 bits per heavy atom. The zero-order valence-electron chi connectivity index (χ0n) is 9.16. The van der Waals surface area contributed by atoms with E-state index in [-0.39, 0.29) is 6.04 Å². The number of nitrogens with one attached hydrogen (secondary N) is 1. The summed E-state index contributed by atoms with van der Waals surface area (Å²) in [5.41, 5.74) is 6.39. The molecule has 0 aliphatic carbocycles. The maximum absolute atomic E-state index is 11.9. The molecule has 0 fully saturated rings. The summed E-state index contributed by atoms with van der Waals surface area (Å²) >= 11 is 4.52. The van der Waals surface area contributed by atoms with E-state index < -0.39 is 10.0 Å². The van der Waals surface area contributed by atoms with Gasteiger partial charge in [-0.25, -0.2) is 13.1 Å². The van der Waals surface area contributed by atoms with Gasteiger partial charge in [-0.15, -0.1) is 11.3 Å². The highest BCUT2D eigenvalue weighted by Gasteiger charge is 2.21. The first-order valence-corrected chi connectivity index (χ1v) is 7.98. The first-order chi connectivity index (χ1) is 7.40. The molecule has 92 valence electrons. The molecule has 0 bridgehead atoms. The van der Waals surface area contributed by atoms with Crippen LogP contribution >= 0.6 is 27.3 Å².